The normalized spacial score (nSPS) is 16.0. The average molecular weight is 178 g/mol. The van der Waals surface area contributed by atoms with Crippen LogP contribution in [0.1, 0.15) is 19.8 Å². The van der Waals surface area contributed by atoms with Crippen molar-refractivity contribution in [2.45, 2.75) is 25.9 Å². The molecule has 0 saturated carbocycles. The van der Waals surface area contributed by atoms with E-state index in [9.17, 15) is 4.79 Å². The number of rotatable bonds is 5. The highest BCUT2D eigenvalue weighted by molar-refractivity contribution is 7.96. The van der Waals surface area contributed by atoms with Gasteiger partial charge in [-0.25, -0.2) is 0 Å². The molecule has 4 heteroatoms. The second-order valence-corrected chi connectivity index (χ2v) is 2.96. The first-order chi connectivity index (χ1) is 5.11. The molecule has 0 rings (SSSR count). The van der Waals surface area contributed by atoms with Crippen LogP contribution < -0.4 is 0 Å². The highest BCUT2D eigenvalue weighted by Gasteiger charge is 2.16. The largest absolute Gasteiger partial charge is 0.394 e. The maximum absolute atomic E-state index is 10.7. The molecule has 2 unspecified atom stereocenters. The summed E-state index contributed by atoms with van der Waals surface area (Å²) < 4.78 is 0. The topological polar surface area (TPSA) is 57.5 Å². The van der Waals surface area contributed by atoms with Crippen LogP contribution in [0.25, 0.3) is 0 Å². The van der Waals surface area contributed by atoms with Gasteiger partial charge in [-0.3, -0.25) is 4.79 Å². The minimum absolute atomic E-state index is 0.222. The highest BCUT2D eigenvalue weighted by Crippen LogP contribution is 2.13. The summed E-state index contributed by atoms with van der Waals surface area (Å²) in [6.45, 7) is 1.56. The molecule has 0 amide bonds. The fourth-order valence-electron chi connectivity index (χ4n) is 0.845. The van der Waals surface area contributed by atoms with E-state index in [1.165, 1.54) is 0 Å². The van der Waals surface area contributed by atoms with Crippen molar-refractivity contribution < 1.29 is 15.0 Å². The highest BCUT2D eigenvalue weighted by atomic mass is 32.1. The van der Waals surface area contributed by atoms with E-state index in [0.717, 1.165) is 0 Å². The molecule has 0 aromatic rings. The van der Waals surface area contributed by atoms with Crippen molar-refractivity contribution in [3.05, 3.63) is 0 Å². The van der Waals surface area contributed by atoms with E-state index < -0.39 is 6.10 Å². The molecule has 0 bridgehead atoms. The summed E-state index contributed by atoms with van der Waals surface area (Å²) >= 11 is 3.65. The molecule has 0 heterocycles. The molecular formula is C7H14O3S. The Hall–Kier alpha value is -0.0600. The van der Waals surface area contributed by atoms with Crippen LogP contribution in [0.4, 0.5) is 0 Å². The first-order valence-corrected chi connectivity index (χ1v) is 4.08. The maximum atomic E-state index is 10.7. The molecule has 0 fully saturated rings. The smallest absolute Gasteiger partial charge is 0.189 e. The lowest BCUT2D eigenvalue weighted by Gasteiger charge is -2.13. The summed E-state index contributed by atoms with van der Waals surface area (Å²) in [5.74, 6) is -0.236. The van der Waals surface area contributed by atoms with Gasteiger partial charge in [0.15, 0.2) is 5.12 Å². The SMILES string of the molecule is CCC(CC(O)CO)C(=O)S. The minimum Gasteiger partial charge on any atom is -0.394 e. The van der Waals surface area contributed by atoms with Gasteiger partial charge in [0.1, 0.15) is 0 Å². The fraction of sp³-hybridized carbons (Fsp3) is 0.857. The van der Waals surface area contributed by atoms with Crippen molar-refractivity contribution in [1.29, 1.82) is 0 Å². The van der Waals surface area contributed by atoms with Crippen molar-refractivity contribution in [1.82, 2.24) is 0 Å². The Morgan fingerprint density at radius 3 is 2.45 bits per heavy atom. The summed E-state index contributed by atoms with van der Waals surface area (Å²) in [7, 11) is 0. The molecule has 0 aliphatic heterocycles. The van der Waals surface area contributed by atoms with Crippen LogP contribution in [-0.4, -0.2) is 28.0 Å². The van der Waals surface area contributed by atoms with Crippen molar-refractivity contribution in [2.75, 3.05) is 6.61 Å². The quantitative estimate of drug-likeness (QED) is 0.528. The Balaban J connectivity index is 3.77. The Morgan fingerprint density at radius 2 is 2.18 bits per heavy atom. The van der Waals surface area contributed by atoms with Gasteiger partial charge in [0, 0.05) is 5.92 Å². The van der Waals surface area contributed by atoms with Crippen LogP contribution in [0.15, 0.2) is 0 Å². The van der Waals surface area contributed by atoms with E-state index in [4.69, 9.17) is 10.2 Å². The predicted octanol–water partition coefficient (Wildman–Crippen LogP) is 0.212. The van der Waals surface area contributed by atoms with Crippen LogP contribution in [0.3, 0.4) is 0 Å². The Bertz CT molecular complexity index is 127. The predicted molar refractivity (Wildman–Crippen MR) is 45.5 cm³/mol. The van der Waals surface area contributed by atoms with E-state index in [-0.39, 0.29) is 17.6 Å². The van der Waals surface area contributed by atoms with Crippen LogP contribution in [-0.2, 0) is 4.79 Å². The number of aliphatic hydroxyl groups excluding tert-OH is 2. The zero-order valence-corrected chi connectivity index (χ0v) is 7.42. The lowest BCUT2D eigenvalue weighted by Crippen LogP contribution is -2.20. The zero-order valence-electron chi connectivity index (χ0n) is 6.53. The molecule has 66 valence electrons. The molecule has 11 heavy (non-hydrogen) atoms. The van der Waals surface area contributed by atoms with Crippen LogP contribution in [0.5, 0.6) is 0 Å². The van der Waals surface area contributed by atoms with Gasteiger partial charge in [0.25, 0.3) is 0 Å². The monoisotopic (exact) mass is 178 g/mol. The zero-order chi connectivity index (χ0) is 8.85. The van der Waals surface area contributed by atoms with Gasteiger partial charge in [-0.1, -0.05) is 6.92 Å². The third kappa shape index (κ3) is 4.40. The molecule has 0 saturated heterocycles. The summed E-state index contributed by atoms with van der Waals surface area (Å²) in [6, 6.07) is 0. The number of hydrogen-bond acceptors (Lipinski definition) is 3. The van der Waals surface area contributed by atoms with Crippen molar-refractivity contribution >= 4 is 17.7 Å². The summed E-state index contributed by atoms with van der Waals surface area (Å²) in [4.78, 5) is 10.7. The number of aliphatic hydroxyl groups is 2. The molecule has 2 atom stereocenters. The van der Waals surface area contributed by atoms with Gasteiger partial charge in [-0.15, -0.1) is 12.6 Å². The fourth-order valence-corrected chi connectivity index (χ4v) is 1.13. The number of carbonyl (C=O) groups excluding carboxylic acids is 1. The first-order valence-electron chi connectivity index (χ1n) is 3.63. The van der Waals surface area contributed by atoms with Crippen LogP contribution in [0, 0.1) is 5.92 Å². The Kier molecular flexibility index (Phi) is 5.54. The van der Waals surface area contributed by atoms with E-state index in [2.05, 4.69) is 12.6 Å². The number of hydrogen-bond donors (Lipinski definition) is 3. The third-order valence-corrected chi connectivity index (χ3v) is 1.97. The van der Waals surface area contributed by atoms with Gasteiger partial charge in [0.2, 0.25) is 0 Å². The number of thiol groups is 1. The average Bonchev–Trinajstić information content (AvgIpc) is 1.99. The lowest BCUT2D eigenvalue weighted by atomic mass is 10.0. The molecule has 0 aliphatic carbocycles. The van der Waals surface area contributed by atoms with Crippen LogP contribution >= 0.6 is 12.6 Å². The lowest BCUT2D eigenvalue weighted by molar-refractivity contribution is -0.115. The second-order valence-electron chi connectivity index (χ2n) is 2.52. The van der Waals surface area contributed by atoms with E-state index in [1.807, 2.05) is 6.92 Å². The van der Waals surface area contributed by atoms with Crippen molar-refractivity contribution in [3.63, 3.8) is 0 Å². The van der Waals surface area contributed by atoms with E-state index in [0.29, 0.717) is 12.8 Å². The van der Waals surface area contributed by atoms with Crippen molar-refractivity contribution in [3.8, 4) is 0 Å². The first kappa shape index (κ1) is 10.9. The summed E-state index contributed by atoms with van der Waals surface area (Å²) in [6.07, 6.45) is 0.158. The van der Waals surface area contributed by atoms with Crippen molar-refractivity contribution in [2.24, 2.45) is 5.92 Å². The van der Waals surface area contributed by atoms with Gasteiger partial charge in [-0.05, 0) is 12.8 Å². The van der Waals surface area contributed by atoms with Gasteiger partial charge >= 0.3 is 0 Å². The molecule has 0 spiro atoms. The van der Waals surface area contributed by atoms with Gasteiger partial charge in [-0.2, -0.15) is 0 Å². The maximum Gasteiger partial charge on any atom is 0.189 e. The third-order valence-electron chi connectivity index (χ3n) is 1.61. The van der Waals surface area contributed by atoms with Gasteiger partial charge < -0.3 is 10.2 Å². The summed E-state index contributed by atoms with van der Waals surface area (Å²) in [5.41, 5.74) is 0. The Labute approximate surface area is 71.8 Å². The molecule has 0 aromatic heterocycles. The minimum atomic E-state index is -0.795. The molecule has 2 N–H and O–H groups in total. The molecular weight excluding hydrogens is 164 g/mol. The van der Waals surface area contributed by atoms with E-state index >= 15 is 0 Å². The Morgan fingerprint density at radius 1 is 1.64 bits per heavy atom. The van der Waals surface area contributed by atoms with Gasteiger partial charge in [0.05, 0.1) is 12.7 Å². The second kappa shape index (κ2) is 5.57. The standard InChI is InChI=1S/C7H14O3S/c1-2-5(7(10)11)3-6(9)4-8/h5-6,8-9H,2-4H2,1H3,(H,10,11). The van der Waals surface area contributed by atoms with Crippen LogP contribution in [0.2, 0.25) is 0 Å². The molecule has 0 aliphatic rings. The molecule has 3 nitrogen and oxygen atoms in total. The number of carbonyl (C=O) groups is 1. The molecule has 0 radical (unpaired) electrons. The molecule has 0 aromatic carbocycles. The van der Waals surface area contributed by atoms with E-state index in [1.54, 1.807) is 0 Å². The summed E-state index contributed by atoms with van der Waals surface area (Å²) in [5, 5.41) is 17.2.